The number of carbonyl (C=O) groups is 2. The summed E-state index contributed by atoms with van der Waals surface area (Å²) in [6, 6.07) is 6.99. The van der Waals surface area contributed by atoms with Crippen LogP contribution in [-0.4, -0.2) is 41.8 Å². The molecule has 0 aliphatic heterocycles. The summed E-state index contributed by atoms with van der Waals surface area (Å²) in [5.41, 5.74) is 1.24. The Hall–Kier alpha value is -3.09. The third kappa shape index (κ3) is 4.22. The molecule has 2 aliphatic rings. The number of rotatable bonds is 6. The Balaban J connectivity index is 1.69. The lowest BCUT2D eigenvalue weighted by molar-refractivity contribution is 0.0726. The zero-order valence-corrected chi connectivity index (χ0v) is 18.4. The molecule has 2 aromatic rings. The maximum Gasteiger partial charge on any atom is 0.261 e. The van der Waals surface area contributed by atoms with Crippen molar-refractivity contribution in [1.82, 2.24) is 9.88 Å². The summed E-state index contributed by atoms with van der Waals surface area (Å²) in [6.07, 6.45) is 2.76. The van der Waals surface area contributed by atoms with Crippen LogP contribution in [0.1, 0.15) is 65.1 Å². The van der Waals surface area contributed by atoms with Gasteiger partial charge < -0.3 is 19.4 Å². The summed E-state index contributed by atoms with van der Waals surface area (Å²) in [5.74, 6) is 0.910. The van der Waals surface area contributed by atoms with E-state index in [9.17, 15) is 14.4 Å². The number of H-pyrrole nitrogens is 1. The molecule has 4 rings (SSSR count). The van der Waals surface area contributed by atoms with Crippen LogP contribution in [0.5, 0.6) is 11.5 Å². The van der Waals surface area contributed by atoms with Crippen LogP contribution in [0.2, 0.25) is 0 Å². The minimum atomic E-state index is -0.447. The SMILES string of the molecule is COc1ccc(OC)c(CN(C(=O)c2cc3c([nH]c2=O)CC(C)(C)CC3=O)C2CC2)c1. The number of carbonyl (C=O) groups excluding carboxylic acids is 2. The normalized spacial score (nSPS) is 17.1. The van der Waals surface area contributed by atoms with Crippen LogP contribution in [-0.2, 0) is 13.0 Å². The minimum absolute atomic E-state index is 0.0144. The van der Waals surface area contributed by atoms with Gasteiger partial charge >= 0.3 is 0 Å². The number of hydrogen-bond acceptors (Lipinski definition) is 5. The van der Waals surface area contributed by atoms with Crippen molar-refractivity contribution in [2.75, 3.05) is 14.2 Å². The number of nitrogens with zero attached hydrogens (tertiary/aromatic N) is 1. The Morgan fingerprint density at radius 2 is 1.87 bits per heavy atom. The molecule has 164 valence electrons. The second-order valence-corrected chi connectivity index (χ2v) is 9.19. The molecular weight excluding hydrogens is 396 g/mol. The number of benzene rings is 1. The lowest BCUT2D eigenvalue weighted by atomic mass is 9.75. The summed E-state index contributed by atoms with van der Waals surface area (Å²) in [7, 11) is 3.16. The van der Waals surface area contributed by atoms with Crippen molar-refractivity contribution in [2.24, 2.45) is 5.41 Å². The van der Waals surface area contributed by atoms with Crippen molar-refractivity contribution in [3.63, 3.8) is 0 Å². The number of pyridine rings is 1. The Kier molecular flexibility index (Phi) is 5.37. The first-order chi connectivity index (χ1) is 14.7. The standard InChI is InChI=1S/C24H28N2O5/c1-24(2)11-19-17(20(27)12-24)10-18(22(28)25-19)23(29)26(15-5-6-15)13-14-9-16(30-3)7-8-21(14)31-4/h7-10,15H,5-6,11-13H2,1-4H3,(H,25,28). The highest BCUT2D eigenvalue weighted by molar-refractivity contribution is 6.02. The second-order valence-electron chi connectivity index (χ2n) is 9.19. The molecule has 0 atom stereocenters. The van der Waals surface area contributed by atoms with Gasteiger partial charge in [0.1, 0.15) is 17.1 Å². The smallest absolute Gasteiger partial charge is 0.261 e. The van der Waals surface area contributed by atoms with Crippen LogP contribution in [0.15, 0.2) is 29.1 Å². The van der Waals surface area contributed by atoms with Crippen molar-refractivity contribution in [2.45, 2.75) is 52.1 Å². The highest BCUT2D eigenvalue weighted by Crippen LogP contribution is 2.35. The van der Waals surface area contributed by atoms with Gasteiger partial charge in [0.05, 0.1) is 20.8 Å². The summed E-state index contributed by atoms with van der Waals surface area (Å²) in [6.45, 7) is 4.30. The molecule has 1 aromatic carbocycles. The molecule has 2 aliphatic carbocycles. The number of amides is 1. The number of hydrogen-bond donors (Lipinski definition) is 1. The van der Waals surface area contributed by atoms with Crippen LogP contribution >= 0.6 is 0 Å². The minimum Gasteiger partial charge on any atom is -0.497 e. The van der Waals surface area contributed by atoms with E-state index in [4.69, 9.17) is 9.47 Å². The van der Waals surface area contributed by atoms with Crippen molar-refractivity contribution in [1.29, 1.82) is 0 Å². The molecule has 1 amide bonds. The molecule has 1 N–H and O–H groups in total. The molecule has 1 aromatic heterocycles. The Labute approximate surface area is 181 Å². The molecule has 0 radical (unpaired) electrons. The Morgan fingerprint density at radius 1 is 1.13 bits per heavy atom. The number of nitrogens with one attached hydrogen (secondary N) is 1. The molecule has 7 nitrogen and oxygen atoms in total. The first kappa shape index (κ1) is 21.2. The van der Waals surface area contributed by atoms with Gasteiger partial charge in [-0.25, -0.2) is 0 Å². The average Bonchev–Trinajstić information content (AvgIpc) is 3.55. The van der Waals surface area contributed by atoms with E-state index in [2.05, 4.69) is 4.98 Å². The van der Waals surface area contributed by atoms with Gasteiger partial charge in [0.25, 0.3) is 11.5 Å². The predicted octanol–water partition coefficient (Wildman–Crippen LogP) is 3.35. The van der Waals surface area contributed by atoms with Gasteiger partial charge in [-0.05, 0) is 48.9 Å². The number of Topliss-reactive ketones (excluding diaryl/α,β-unsaturated/α-hetero) is 1. The fraction of sp³-hybridized carbons (Fsp3) is 0.458. The summed E-state index contributed by atoms with van der Waals surface area (Å²) in [5, 5.41) is 0. The zero-order valence-electron chi connectivity index (χ0n) is 18.4. The van der Waals surface area contributed by atoms with Gasteiger partial charge in [-0.1, -0.05) is 13.8 Å². The van der Waals surface area contributed by atoms with E-state index in [0.717, 1.165) is 18.4 Å². The molecule has 7 heteroatoms. The van der Waals surface area contributed by atoms with E-state index in [1.165, 1.54) is 6.07 Å². The van der Waals surface area contributed by atoms with Crippen molar-refractivity contribution in [3.8, 4) is 11.5 Å². The topological polar surface area (TPSA) is 88.7 Å². The quantitative estimate of drug-likeness (QED) is 0.768. The molecule has 31 heavy (non-hydrogen) atoms. The van der Waals surface area contributed by atoms with Crippen molar-refractivity contribution < 1.29 is 19.1 Å². The molecule has 1 fully saturated rings. The monoisotopic (exact) mass is 424 g/mol. The van der Waals surface area contributed by atoms with Gasteiger partial charge in [-0.2, -0.15) is 0 Å². The van der Waals surface area contributed by atoms with E-state index in [-0.39, 0.29) is 28.7 Å². The fourth-order valence-corrected chi connectivity index (χ4v) is 4.28. The lowest BCUT2D eigenvalue weighted by Crippen LogP contribution is -2.38. The van der Waals surface area contributed by atoms with Gasteiger partial charge in [0.15, 0.2) is 5.78 Å². The molecule has 1 saturated carbocycles. The number of ketones is 1. The van der Waals surface area contributed by atoms with Crippen LogP contribution in [0.25, 0.3) is 0 Å². The van der Waals surface area contributed by atoms with Crippen LogP contribution in [0, 0.1) is 5.41 Å². The molecule has 0 unspecified atom stereocenters. The van der Waals surface area contributed by atoms with Crippen LogP contribution in [0.3, 0.4) is 0 Å². The first-order valence-electron chi connectivity index (χ1n) is 10.5. The third-order valence-electron chi connectivity index (χ3n) is 6.02. The summed E-state index contributed by atoms with van der Waals surface area (Å²) < 4.78 is 10.8. The Bertz CT molecular complexity index is 1100. The van der Waals surface area contributed by atoms with Crippen molar-refractivity contribution >= 4 is 11.7 Å². The molecular formula is C24H28N2O5. The molecule has 0 spiro atoms. The maximum atomic E-state index is 13.4. The summed E-state index contributed by atoms with van der Waals surface area (Å²) >= 11 is 0. The van der Waals surface area contributed by atoms with E-state index >= 15 is 0 Å². The lowest BCUT2D eigenvalue weighted by Gasteiger charge is -2.30. The summed E-state index contributed by atoms with van der Waals surface area (Å²) in [4.78, 5) is 43.4. The van der Waals surface area contributed by atoms with Crippen molar-refractivity contribution in [3.05, 3.63) is 57.0 Å². The molecule has 1 heterocycles. The number of fused-ring (bicyclic) bond motifs is 1. The molecule has 0 bridgehead atoms. The number of aromatic amines is 1. The Morgan fingerprint density at radius 3 is 2.52 bits per heavy atom. The van der Waals surface area contributed by atoms with E-state index in [0.29, 0.717) is 42.1 Å². The maximum absolute atomic E-state index is 13.4. The highest BCUT2D eigenvalue weighted by Gasteiger charge is 2.37. The largest absolute Gasteiger partial charge is 0.497 e. The third-order valence-corrected chi connectivity index (χ3v) is 6.02. The number of aromatic nitrogens is 1. The second kappa shape index (κ2) is 7.87. The first-order valence-corrected chi connectivity index (χ1v) is 10.5. The number of ether oxygens (including phenoxy) is 2. The van der Waals surface area contributed by atoms with E-state index in [1.54, 1.807) is 31.3 Å². The van der Waals surface area contributed by atoms with Gasteiger partial charge in [-0.3, -0.25) is 14.4 Å². The van der Waals surface area contributed by atoms with Gasteiger partial charge in [-0.15, -0.1) is 0 Å². The van der Waals surface area contributed by atoms with Crippen LogP contribution < -0.4 is 15.0 Å². The zero-order chi connectivity index (χ0) is 22.3. The van der Waals surface area contributed by atoms with Crippen LogP contribution in [0.4, 0.5) is 0 Å². The number of methoxy groups -OCH3 is 2. The van der Waals surface area contributed by atoms with E-state index in [1.807, 2.05) is 19.9 Å². The highest BCUT2D eigenvalue weighted by atomic mass is 16.5. The predicted molar refractivity (Wildman–Crippen MR) is 116 cm³/mol. The fourth-order valence-electron chi connectivity index (χ4n) is 4.28. The van der Waals surface area contributed by atoms with Gasteiger partial charge in [0, 0.05) is 29.3 Å². The molecule has 0 saturated heterocycles. The van der Waals surface area contributed by atoms with E-state index < -0.39 is 5.56 Å². The average molecular weight is 424 g/mol. The van der Waals surface area contributed by atoms with Gasteiger partial charge in [0.2, 0.25) is 0 Å².